The molecule has 148 valence electrons. The highest BCUT2D eigenvalue weighted by Gasteiger charge is 2.27. The van der Waals surface area contributed by atoms with Crippen LogP contribution in [-0.4, -0.2) is 50.6 Å². The third kappa shape index (κ3) is 3.06. The molecule has 0 amide bonds. The summed E-state index contributed by atoms with van der Waals surface area (Å²) < 4.78 is 27.0. The van der Waals surface area contributed by atoms with Crippen LogP contribution in [0.1, 0.15) is 35.1 Å². The Hall–Kier alpha value is -2.13. The minimum Gasteiger partial charge on any atom is -0.353 e. The van der Waals surface area contributed by atoms with Crippen molar-refractivity contribution in [3.8, 4) is 0 Å². The predicted octanol–water partition coefficient (Wildman–Crippen LogP) is 3.40. The number of piperazine rings is 1. The number of hydrogen-bond donors (Lipinski definition) is 0. The van der Waals surface area contributed by atoms with Crippen LogP contribution in [0.15, 0.2) is 12.4 Å². The highest BCUT2D eigenvalue weighted by Crippen LogP contribution is 2.40. The molecule has 6 nitrogen and oxygen atoms in total. The Labute approximate surface area is 165 Å². The molecule has 3 aromatic rings. The quantitative estimate of drug-likeness (QED) is 0.667. The second-order valence-electron chi connectivity index (χ2n) is 7.42. The Balaban J connectivity index is 1.35. The molecule has 1 aliphatic carbocycles. The number of nitrogens with zero attached hydrogens (tertiary/aromatic N) is 6. The van der Waals surface area contributed by atoms with Crippen molar-refractivity contribution in [2.24, 2.45) is 0 Å². The van der Waals surface area contributed by atoms with Crippen molar-refractivity contribution in [2.75, 3.05) is 31.1 Å². The number of aromatic nitrogens is 4. The normalized spacial score (nSPS) is 17.8. The van der Waals surface area contributed by atoms with Gasteiger partial charge in [-0.1, -0.05) is 0 Å². The van der Waals surface area contributed by atoms with Crippen molar-refractivity contribution in [3.63, 3.8) is 0 Å². The highest BCUT2D eigenvalue weighted by molar-refractivity contribution is 7.19. The zero-order chi connectivity index (χ0) is 19.3. The van der Waals surface area contributed by atoms with Crippen LogP contribution in [0.25, 0.3) is 10.2 Å². The summed E-state index contributed by atoms with van der Waals surface area (Å²) in [6.45, 7) is 3.10. The van der Waals surface area contributed by atoms with Crippen LogP contribution in [0.5, 0.6) is 0 Å². The summed E-state index contributed by atoms with van der Waals surface area (Å²) >= 11 is 1.82. The summed E-state index contributed by atoms with van der Waals surface area (Å²) in [7, 11) is 0. The van der Waals surface area contributed by atoms with Crippen LogP contribution < -0.4 is 4.90 Å². The topological polar surface area (TPSA) is 50.1 Å². The molecule has 5 rings (SSSR count). The highest BCUT2D eigenvalue weighted by atomic mass is 32.1. The first-order valence-electron chi connectivity index (χ1n) is 9.66. The molecule has 0 spiro atoms. The second kappa shape index (κ2) is 7.04. The molecule has 9 heteroatoms. The van der Waals surface area contributed by atoms with Crippen LogP contribution in [-0.2, 0) is 19.4 Å². The molecule has 0 N–H and O–H groups in total. The van der Waals surface area contributed by atoms with Crippen molar-refractivity contribution in [2.45, 2.75) is 39.3 Å². The maximum Gasteiger partial charge on any atom is 0.319 e. The van der Waals surface area contributed by atoms with E-state index in [1.165, 1.54) is 34.6 Å². The predicted molar refractivity (Wildman–Crippen MR) is 105 cm³/mol. The third-order valence-electron chi connectivity index (χ3n) is 5.65. The first kappa shape index (κ1) is 17.9. The summed E-state index contributed by atoms with van der Waals surface area (Å²) in [5, 5.41) is 1.24. The molecular weight excluding hydrogens is 382 g/mol. The minimum absolute atomic E-state index is 0.416. The van der Waals surface area contributed by atoms with Gasteiger partial charge >= 0.3 is 6.55 Å². The van der Waals surface area contributed by atoms with Crippen molar-refractivity contribution in [1.29, 1.82) is 0 Å². The monoisotopic (exact) mass is 404 g/mol. The van der Waals surface area contributed by atoms with Crippen molar-refractivity contribution < 1.29 is 8.78 Å². The van der Waals surface area contributed by atoms with E-state index in [0.29, 0.717) is 12.4 Å². The van der Waals surface area contributed by atoms with E-state index in [4.69, 9.17) is 4.98 Å². The van der Waals surface area contributed by atoms with E-state index in [1.807, 2.05) is 18.3 Å². The first-order chi connectivity index (χ1) is 13.6. The molecule has 0 atom stereocenters. The summed E-state index contributed by atoms with van der Waals surface area (Å²) in [6.07, 6.45) is 6.27. The molecule has 0 saturated carbocycles. The lowest BCUT2D eigenvalue weighted by Gasteiger charge is -2.35. The molecule has 28 heavy (non-hydrogen) atoms. The molecule has 1 fully saturated rings. The van der Waals surface area contributed by atoms with Crippen LogP contribution in [0.2, 0.25) is 0 Å². The number of alkyl halides is 2. The number of fused-ring (bicyclic) bond motifs is 3. The minimum atomic E-state index is -2.54. The molecule has 0 radical (unpaired) electrons. The number of anilines is 1. The van der Waals surface area contributed by atoms with Crippen molar-refractivity contribution in [3.05, 3.63) is 34.5 Å². The lowest BCUT2D eigenvalue weighted by atomic mass is 10.1. The Bertz CT molecular complexity index is 1010. The molecule has 0 aromatic carbocycles. The van der Waals surface area contributed by atoms with Gasteiger partial charge in [-0.25, -0.2) is 15.0 Å². The van der Waals surface area contributed by atoms with E-state index in [-0.39, 0.29) is 0 Å². The molecule has 3 aromatic heterocycles. The summed E-state index contributed by atoms with van der Waals surface area (Å²) in [5.74, 6) is 2.28. The van der Waals surface area contributed by atoms with Gasteiger partial charge in [0, 0.05) is 43.4 Å². The van der Waals surface area contributed by atoms with Gasteiger partial charge in [0.1, 0.15) is 22.3 Å². The average molecular weight is 404 g/mol. The number of aryl methyl sites for hydroxylation is 3. The molecule has 1 saturated heterocycles. The Morgan fingerprint density at radius 3 is 2.75 bits per heavy atom. The van der Waals surface area contributed by atoms with Gasteiger partial charge in [-0.05, 0) is 31.7 Å². The van der Waals surface area contributed by atoms with Gasteiger partial charge in [0.2, 0.25) is 0 Å². The second-order valence-corrected chi connectivity index (χ2v) is 8.51. The summed E-state index contributed by atoms with van der Waals surface area (Å²) in [4.78, 5) is 20.7. The fourth-order valence-corrected chi connectivity index (χ4v) is 5.57. The Kier molecular flexibility index (Phi) is 4.51. The first-order valence-corrected chi connectivity index (χ1v) is 10.5. The molecular formula is C19H22F2N6S. The number of rotatable bonds is 4. The van der Waals surface area contributed by atoms with Crippen LogP contribution in [0.3, 0.4) is 0 Å². The van der Waals surface area contributed by atoms with Crippen LogP contribution in [0.4, 0.5) is 14.6 Å². The largest absolute Gasteiger partial charge is 0.353 e. The number of hydrogen-bond acceptors (Lipinski definition) is 6. The molecule has 1 aliphatic heterocycles. The van der Waals surface area contributed by atoms with Gasteiger partial charge in [0.25, 0.3) is 0 Å². The van der Waals surface area contributed by atoms with Crippen molar-refractivity contribution in [1.82, 2.24) is 24.4 Å². The van der Waals surface area contributed by atoms with Gasteiger partial charge < -0.3 is 4.90 Å². The standard InChI is InChI=1S/C19H22F2N6S/c1-12-23-17(16-13-3-2-4-14(13)28-18(16)24-12)26-9-7-25(8-10-26)11-15-22-5-6-27(15)19(20)21/h5-6,19H,2-4,7-11H2,1H3. The smallest absolute Gasteiger partial charge is 0.319 e. The van der Waals surface area contributed by atoms with E-state index in [0.717, 1.165) is 60.1 Å². The van der Waals surface area contributed by atoms with E-state index in [9.17, 15) is 8.78 Å². The summed E-state index contributed by atoms with van der Waals surface area (Å²) in [5.41, 5.74) is 1.44. The third-order valence-corrected chi connectivity index (χ3v) is 6.84. The molecule has 2 aliphatic rings. The molecule has 4 heterocycles. The lowest BCUT2D eigenvalue weighted by molar-refractivity contribution is 0.0637. The fraction of sp³-hybridized carbons (Fsp3) is 0.526. The van der Waals surface area contributed by atoms with E-state index < -0.39 is 6.55 Å². The number of imidazole rings is 1. The zero-order valence-electron chi connectivity index (χ0n) is 15.7. The summed E-state index contributed by atoms with van der Waals surface area (Å²) in [6, 6.07) is 0. The van der Waals surface area contributed by atoms with Gasteiger partial charge in [-0.2, -0.15) is 8.78 Å². The molecule has 0 bridgehead atoms. The Morgan fingerprint density at radius 2 is 1.96 bits per heavy atom. The zero-order valence-corrected chi connectivity index (χ0v) is 16.6. The van der Waals surface area contributed by atoms with Crippen molar-refractivity contribution >= 4 is 27.4 Å². The lowest BCUT2D eigenvalue weighted by Crippen LogP contribution is -2.46. The molecule has 0 unspecified atom stereocenters. The Morgan fingerprint density at radius 1 is 1.14 bits per heavy atom. The maximum atomic E-state index is 13.0. The van der Waals surface area contributed by atoms with Crippen LogP contribution in [0, 0.1) is 6.92 Å². The van der Waals surface area contributed by atoms with E-state index >= 15 is 0 Å². The maximum absolute atomic E-state index is 13.0. The van der Waals surface area contributed by atoms with Gasteiger partial charge in [-0.15, -0.1) is 11.3 Å². The van der Waals surface area contributed by atoms with Gasteiger partial charge in [0.15, 0.2) is 0 Å². The SMILES string of the molecule is Cc1nc(N2CCN(Cc3nccn3C(F)F)CC2)c2c3c(sc2n1)CCC3. The number of halogens is 2. The van der Waals surface area contributed by atoms with E-state index in [2.05, 4.69) is 19.8 Å². The number of thiophene rings is 1. The van der Waals surface area contributed by atoms with Gasteiger partial charge in [-0.3, -0.25) is 9.47 Å². The van der Waals surface area contributed by atoms with Crippen LogP contribution >= 0.6 is 11.3 Å². The van der Waals surface area contributed by atoms with Gasteiger partial charge in [0.05, 0.1) is 11.9 Å². The van der Waals surface area contributed by atoms with E-state index in [1.54, 1.807) is 0 Å². The average Bonchev–Trinajstić information content (AvgIpc) is 3.37. The fourth-order valence-electron chi connectivity index (χ4n) is 4.27.